The second kappa shape index (κ2) is 3.35. The molecule has 92 valence electrons. The van der Waals surface area contributed by atoms with Crippen molar-refractivity contribution < 1.29 is 19.1 Å². The second-order valence-corrected chi connectivity index (χ2v) is 4.33. The van der Waals surface area contributed by atoms with Gasteiger partial charge in [-0.05, 0) is 19.9 Å². The zero-order chi connectivity index (χ0) is 13.0. The molecule has 0 saturated heterocycles. The summed E-state index contributed by atoms with van der Waals surface area (Å²) in [5.41, 5.74) is 0.466. The van der Waals surface area contributed by atoms with Gasteiger partial charge in [0.1, 0.15) is 28.6 Å². The van der Waals surface area contributed by atoms with Gasteiger partial charge in [-0.25, -0.2) is 4.79 Å². The van der Waals surface area contributed by atoms with Crippen molar-refractivity contribution in [3.63, 3.8) is 0 Å². The Kier molecular flexibility index (Phi) is 2.02. The number of ether oxygens (including phenoxy) is 1. The fraction of sp³-hybridized carbons (Fsp3) is 0.231. The quantitative estimate of drug-likeness (QED) is 0.720. The summed E-state index contributed by atoms with van der Waals surface area (Å²) in [6, 6.07) is 2.75. The topological polar surface area (TPSA) is 76.7 Å². The molecule has 0 spiro atoms. The Hall–Kier alpha value is -2.30. The highest BCUT2D eigenvalue weighted by Gasteiger charge is 2.33. The Balaban J connectivity index is 2.52. The average Bonchev–Trinajstić information content (AvgIpc) is 2.53. The Morgan fingerprint density at radius 2 is 2.00 bits per heavy atom. The maximum atomic E-state index is 11.9. The van der Waals surface area contributed by atoms with Crippen LogP contribution in [0.5, 0.6) is 5.75 Å². The van der Waals surface area contributed by atoms with Gasteiger partial charge >= 0.3 is 5.97 Å². The number of hydrogen-bond acceptors (Lipinski definition) is 5. The largest absolute Gasteiger partial charge is 0.507 e. The molecule has 0 fully saturated rings. The Labute approximate surface area is 102 Å². The maximum absolute atomic E-state index is 11.9. The first-order valence-electron chi connectivity index (χ1n) is 5.50. The van der Waals surface area contributed by atoms with Crippen LogP contribution in [0.4, 0.5) is 0 Å². The smallest absolute Gasteiger partial charge is 0.339 e. The normalized spacial score (nSPS) is 17.9. The van der Waals surface area contributed by atoms with Crippen molar-refractivity contribution >= 4 is 16.9 Å². The van der Waals surface area contributed by atoms with E-state index in [9.17, 15) is 14.7 Å². The van der Waals surface area contributed by atoms with Crippen LogP contribution in [0.2, 0.25) is 0 Å². The van der Waals surface area contributed by atoms with Crippen LogP contribution in [-0.2, 0) is 4.74 Å². The van der Waals surface area contributed by atoms with Crippen LogP contribution in [0.15, 0.2) is 21.3 Å². The highest BCUT2D eigenvalue weighted by molar-refractivity contribution is 6.01. The molecule has 1 aromatic heterocycles. The van der Waals surface area contributed by atoms with Crippen LogP contribution in [0, 0.1) is 6.92 Å². The SMILES string of the molecule is Cc1cc(=O)c2c(O)c3c(cc2o1)C(=O)O[C@H]3C. The van der Waals surface area contributed by atoms with Crippen molar-refractivity contribution in [2.75, 3.05) is 0 Å². The minimum absolute atomic E-state index is 0.0875. The van der Waals surface area contributed by atoms with Gasteiger partial charge in [0.25, 0.3) is 0 Å². The van der Waals surface area contributed by atoms with Crippen molar-refractivity contribution in [1.82, 2.24) is 0 Å². The summed E-state index contributed by atoms with van der Waals surface area (Å²) in [6.45, 7) is 3.27. The number of phenols is 1. The van der Waals surface area contributed by atoms with Gasteiger partial charge in [-0.1, -0.05) is 0 Å². The molecule has 0 amide bonds. The van der Waals surface area contributed by atoms with Crippen LogP contribution in [-0.4, -0.2) is 11.1 Å². The van der Waals surface area contributed by atoms with E-state index in [4.69, 9.17) is 9.15 Å². The minimum atomic E-state index is -0.558. The third-order valence-corrected chi connectivity index (χ3v) is 3.07. The summed E-state index contributed by atoms with van der Waals surface area (Å²) in [5, 5.41) is 10.2. The lowest BCUT2D eigenvalue weighted by atomic mass is 10.0. The van der Waals surface area contributed by atoms with E-state index in [2.05, 4.69) is 0 Å². The number of hydrogen-bond donors (Lipinski definition) is 1. The van der Waals surface area contributed by atoms with Gasteiger partial charge in [0.2, 0.25) is 0 Å². The molecule has 0 radical (unpaired) electrons. The van der Waals surface area contributed by atoms with Crippen molar-refractivity contribution in [2.24, 2.45) is 0 Å². The number of phenolic OH excluding ortho intramolecular Hbond substituents is 1. The summed E-state index contributed by atoms with van der Waals surface area (Å²) < 4.78 is 10.4. The Morgan fingerprint density at radius 3 is 2.72 bits per heavy atom. The molecule has 1 atom stereocenters. The number of carbonyl (C=O) groups excluding carboxylic acids is 1. The van der Waals surface area contributed by atoms with E-state index in [0.717, 1.165) is 0 Å². The van der Waals surface area contributed by atoms with Crippen molar-refractivity contribution in [3.8, 4) is 5.75 Å². The first kappa shape index (κ1) is 10.8. The van der Waals surface area contributed by atoms with Crippen LogP contribution < -0.4 is 5.43 Å². The number of rotatable bonds is 0. The van der Waals surface area contributed by atoms with E-state index >= 15 is 0 Å². The molecule has 1 N–H and O–H groups in total. The van der Waals surface area contributed by atoms with E-state index in [1.165, 1.54) is 12.1 Å². The molecule has 5 nitrogen and oxygen atoms in total. The van der Waals surface area contributed by atoms with Crippen molar-refractivity contribution in [3.05, 3.63) is 39.2 Å². The molecule has 0 saturated carbocycles. The molecule has 2 heterocycles. The van der Waals surface area contributed by atoms with Gasteiger partial charge in [-0.2, -0.15) is 0 Å². The molecule has 1 aliphatic heterocycles. The van der Waals surface area contributed by atoms with Gasteiger partial charge < -0.3 is 14.3 Å². The molecule has 2 aromatic rings. The minimum Gasteiger partial charge on any atom is -0.507 e. The first-order chi connectivity index (χ1) is 8.49. The molecule has 0 bridgehead atoms. The fourth-order valence-corrected chi connectivity index (χ4v) is 2.30. The molecule has 5 heteroatoms. The van der Waals surface area contributed by atoms with Gasteiger partial charge in [-0.15, -0.1) is 0 Å². The molecule has 0 unspecified atom stereocenters. The van der Waals surface area contributed by atoms with Gasteiger partial charge in [-0.3, -0.25) is 4.79 Å². The van der Waals surface area contributed by atoms with Crippen LogP contribution in [0.3, 0.4) is 0 Å². The summed E-state index contributed by atoms with van der Waals surface area (Å²) in [5.74, 6) is -0.320. The van der Waals surface area contributed by atoms with Gasteiger partial charge in [0, 0.05) is 11.6 Å². The summed E-state index contributed by atoms with van der Waals surface area (Å²) >= 11 is 0. The number of fused-ring (bicyclic) bond motifs is 2. The zero-order valence-electron chi connectivity index (χ0n) is 9.81. The van der Waals surface area contributed by atoms with Crippen molar-refractivity contribution in [1.29, 1.82) is 0 Å². The maximum Gasteiger partial charge on any atom is 0.339 e. The molecule has 18 heavy (non-hydrogen) atoms. The van der Waals surface area contributed by atoms with E-state index in [1.807, 2.05) is 0 Å². The third kappa shape index (κ3) is 1.27. The Bertz CT molecular complexity index is 741. The zero-order valence-corrected chi connectivity index (χ0v) is 9.81. The lowest BCUT2D eigenvalue weighted by Gasteiger charge is -2.07. The number of aryl methyl sites for hydroxylation is 1. The summed E-state index contributed by atoms with van der Waals surface area (Å²) in [4.78, 5) is 23.5. The molecule has 0 aliphatic carbocycles. The van der Waals surface area contributed by atoms with E-state index in [1.54, 1.807) is 13.8 Å². The molecular weight excluding hydrogens is 236 g/mol. The molecule has 1 aromatic carbocycles. The molecule has 1 aliphatic rings. The van der Waals surface area contributed by atoms with E-state index in [-0.39, 0.29) is 27.7 Å². The highest BCUT2D eigenvalue weighted by atomic mass is 16.5. The standard InChI is InChI=1S/C13H10O5/c1-5-3-8(14)11-9(17-5)4-7-10(12(11)15)6(2)18-13(7)16/h3-4,6,15H,1-2H3/t6-/m0/s1. The average molecular weight is 246 g/mol. The van der Waals surface area contributed by atoms with Crippen LogP contribution in [0.1, 0.15) is 34.7 Å². The van der Waals surface area contributed by atoms with Gasteiger partial charge in [0.15, 0.2) is 5.43 Å². The predicted octanol–water partition coefficient (Wildman–Crippen LogP) is 2.04. The van der Waals surface area contributed by atoms with E-state index in [0.29, 0.717) is 11.3 Å². The third-order valence-electron chi connectivity index (χ3n) is 3.07. The molecule has 3 rings (SSSR count). The van der Waals surface area contributed by atoms with Gasteiger partial charge in [0.05, 0.1) is 5.56 Å². The number of carbonyl (C=O) groups is 1. The predicted molar refractivity (Wildman–Crippen MR) is 62.7 cm³/mol. The lowest BCUT2D eigenvalue weighted by Crippen LogP contribution is -2.03. The number of cyclic esters (lactones) is 1. The highest BCUT2D eigenvalue weighted by Crippen LogP contribution is 2.40. The second-order valence-electron chi connectivity index (χ2n) is 4.33. The summed E-state index contributed by atoms with van der Waals surface area (Å²) in [7, 11) is 0. The lowest BCUT2D eigenvalue weighted by molar-refractivity contribution is 0.0420. The van der Waals surface area contributed by atoms with Crippen LogP contribution >= 0.6 is 0 Å². The fourth-order valence-electron chi connectivity index (χ4n) is 2.30. The van der Waals surface area contributed by atoms with Crippen LogP contribution in [0.25, 0.3) is 11.0 Å². The number of benzene rings is 1. The van der Waals surface area contributed by atoms with E-state index < -0.39 is 12.1 Å². The molecular formula is C13H10O5. The monoisotopic (exact) mass is 246 g/mol. The first-order valence-corrected chi connectivity index (χ1v) is 5.50. The summed E-state index contributed by atoms with van der Waals surface area (Å²) in [6.07, 6.45) is -0.558. The Morgan fingerprint density at radius 1 is 1.28 bits per heavy atom. The number of aromatic hydroxyl groups is 1. The number of esters is 1. The van der Waals surface area contributed by atoms with Crippen molar-refractivity contribution in [2.45, 2.75) is 20.0 Å².